The molecule has 1 amide bonds. The highest BCUT2D eigenvalue weighted by molar-refractivity contribution is 5.76. The molecule has 0 aromatic carbocycles. The van der Waals surface area contributed by atoms with Crippen molar-refractivity contribution < 1.29 is 4.79 Å². The third kappa shape index (κ3) is 3.65. The Morgan fingerprint density at radius 2 is 2.00 bits per heavy atom. The average molecular weight is 277 g/mol. The number of amides is 1. The number of allylic oxidation sites excluding steroid dienone is 2. The summed E-state index contributed by atoms with van der Waals surface area (Å²) in [6, 6.07) is 0.410. The van der Waals surface area contributed by atoms with Gasteiger partial charge in [0.05, 0.1) is 0 Å². The lowest BCUT2D eigenvalue weighted by molar-refractivity contribution is -0.131. The van der Waals surface area contributed by atoms with Crippen molar-refractivity contribution in [3.8, 4) is 0 Å². The van der Waals surface area contributed by atoms with Crippen molar-refractivity contribution in [1.29, 1.82) is 0 Å². The first kappa shape index (κ1) is 15.6. The zero-order chi connectivity index (χ0) is 14.5. The molecule has 2 heteroatoms. The lowest BCUT2D eigenvalue weighted by Crippen LogP contribution is -2.39. The molecule has 0 bridgehead atoms. The minimum absolute atomic E-state index is 0.338. The Balaban J connectivity index is 1.95. The first-order valence-corrected chi connectivity index (χ1v) is 8.58. The number of hydrogen-bond acceptors (Lipinski definition) is 1. The van der Waals surface area contributed by atoms with Gasteiger partial charge in [0.25, 0.3) is 0 Å². The van der Waals surface area contributed by atoms with Crippen LogP contribution in [0.2, 0.25) is 0 Å². The van der Waals surface area contributed by atoms with Crippen molar-refractivity contribution in [2.24, 2.45) is 11.8 Å². The van der Waals surface area contributed by atoms with Crippen LogP contribution in [-0.4, -0.2) is 23.9 Å². The molecule has 1 aliphatic carbocycles. The lowest BCUT2D eigenvalue weighted by Gasteiger charge is -2.35. The third-order valence-corrected chi connectivity index (χ3v) is 5.47. The molecule has 3 unspecified atom stereocenters. The van der Waals surface area contributed by atoms with Gasteiger partial charge < -0.3 is 4.90 Å². The van der Waals surface area contributed by atoms with E-state index in [1.807, 2.05) is 11.9 Å². The van der Waals surface area contributed by atoms with Crippen LogP contribution in [0.5, 0.6) is 0 Å². The van der Waals surface area contributed by atoms with Gasteiger partial charge in [-0.25, -0.2) is 0 Å². The van der Waals surface area contributed by atoms with Crippen molar-refractivity contribution in [1.82, 2.24) is 4.90 Å². The summed E-state index contributed by atoms with van der Waals surface area (Å²) >= 11 is 0. The van der Waals surface area contributed by atoms with E-state index in [0.717, 1.165) is 12.8 Å². The highest BCUT2D eigenvalue weighted by atomic mass is 16.2. The Labute approximate surface area is 124 Å². The fourth-order valence-electron chi connectivity index (χ4n) is 3.94. The summed E-state index contributed by atoms with van der Waals surface area (Å²) in [6.07, 6.45) is 13.6. The molecule has 3 atom stereocenters. The van der Waals surface area contributed by atoms with Gasteiger partial charge in [-0.2, -0.15) is 0 Å². The minimum Gasteiger partial charge on any atom is -0.343 e. The van der Waals surface area contributed by atoms with Crippen LogP contribution in [0.3, 0.4) is 0 Å². The van der Waals surface area contributed by atoms with E-state index in [-0.39, 0.29) is 0 Å². The quantitative estimate of drug-likeness (QED) is 0.533. The van der Waals surface area contributed by atoms with Crippen LogP contribution in [0.25, 0.3) is 0 Å². The summed E-state index contributed by atoms with van der Waals surface area (Å²) in [5, 5.41) is 0. The Bertz CT molecular complexity index is 360. The second-order valence-electron chi connectivity index (χ2n) is 6.79. The van der Waals surface area contributed by atoms with E-state index in [9.17, 15) is 4.79 Å². The van der Waals surface area contributed by atoms with Gasteiger partial charge in [-0.3, -0.25) is 4.79 Å². The van der Waals surface area contributed by atoms with Gasteiger partial charge in [-0.05, 0) is 50.9 Å². The molecule has 0 spiro atoms. The highest BCUT2D eigenvalue weighted by Crippen LogP contribution is 2.39. The Kier molecular flexibility index (Phi) is 5.68. The molecule has 114 valence electrons. The van der Waals surface area contributed by atoms with E-state index in [2.05, 4.69) is 19.9 Å². The fourth-order valence-corrected chi connectivity index (χ4v) is 3.94. The average Bonchev–Trinajstić information content (AvgIpc) is 2.56. The molecule has 1 aliphatic heterocycles. The Morgan fingerprint density at radius 3 is 2.75 bits per heavy atom. The Hall–Kier alpha value is -0.790. The molecule has 2 aliphatic rings. The molecule has 0 radical (unpaired) electrons. The molecule has 0 aromatic rings. The lowest BCUT2D eigenvalue weighted by atomic mass is 9.75. The number of hydrogen-bond donors (Lipinski definition) is 0. The van der Waals surface area contributed by atoms with Crippen LogP contribution in [0.1, 0.15) is 71.6 Å². The predicted octanol–water partition coefficient (Wildman–Crippen LogP) is 4.55. The Morgan fingerprint density at radius 1 is 1.20 bits per heavy atom. The topological polar surface area (TPSA) is 20.3 Å². The molecule has 2 nitrogen and oxygen atoms in total. The van der Waals surface area contributed by atoms with Gasteiger partial charge in [-0.1, -0.05) is 37.8 Å². The number of carbonyl (C=O) groups is 1. The summed E-state index contributed by atoms with van der Waals surface area (Å²) < 4.78 is 0. The van der Waals surface area contributed by atoms with Gasteiger partial charge in [0.15, 0.2) is 0 Å². The maximum atomic E-state index is 12.0. The first-order valence-electron chi connectivity index (χ1n) is 8.58. The third-order valence-electron chi connectivity index (χ3n) is 5.47. The van der Waals surface area contributed by atoms with E-state index in [0.29, 0.717) is 23.8 Å². The summed E-state index contributed by atoms with van der Waals surface area (Å²) in [7, 11) is 1.99. The first-order chi connectivity index (χ1) is 9.63. The zero-order valence-corrected chi connectivity index (χ0v) is 13.5. The molecule has 1 fully saturated rings. The smallest absolute Gasteiger partial charge is 0.222 e. The molecule has 1 saturated heterocycles. The van der Waals surface area contributed by atoms with Crippen molar-refractivity contribution >= 4 is 5.91 Å². The van der Waals surface area contributed by atoms with Gasteiger partial charge in [0.2, 0.25) is 5.91 Å². The molecule has 0 N–H and O–H groups in total. The van der Waals surface area contributed by atoms with Gasteiger partial charge >= 0.3 is 0 Å². The molecule has 2 rings (SSSR count). The van der Waals surface area contributed by atoms with Crippen LogP contribution in [-0.2, 0) is 4.79 Å². The number of rotatable bonds is 5. The molecule has 0 aromatic heterocycles. The van der Waals surface area contributed by atoms with Gasteiger partial charge in [-0.15, -0.1) is 0 Å². The maximum absolute atomic E-state index is 12.0. The van der Waals surface area contributed by atoms with Crippen LogP contribution < -0.4 is 0 Å². The second-order valence-corrected chi connectivity index (χ2v) is 6.79. The SMILES string of the molecule is CCCCCCC1=CC2CCC(=O)N(C)C(C)C2CC1. The van der Waals surface area contributed by atoms with Gasteiger partial charge in [0.1, 0.15) is 0 Å². The van der Waals surface area contributed by atoms with E-state index in [1.165, 1.54) is 44.9 Å². The molecular weight excluding hydrogens is 246 g/mol. The van der Waals surface area contributed by atoms with Crippen molar-refractivity contribution in [3.63, 3.8) is 0 Å². The number of carbonyl (C=O) groups excluding carboxylic acids is 1. The predicted molar refractivity (Wildman–Crippen MR) is 84.5 cm³/mol. The van der Waals surface area contributed by atoms with E-state index < -0.39 is 0 Å². The standard InChI is InChI=1S/C18H31NO/c1-4-5-6-7-8-15-9-11-17-14(2)19(3)18(20)12-10-16(17)13-15/h13-14,16-17H,4-12H2,1-3H3. The van der Waals surface area contributed by atoms with Crippen LogP contribution in [0.15, 0.2) is 11.6 Å². The fraction of sp³-hybridized carbons (Fsp3) is 0.833. The highest BCUT2D eigenvalue weighted by Gasteiger charge is 2.35. The second kappa shape index (κ2) is 7.28. The van der Waals surface area contributed by atoms with Crippen LogP contribution in [0, 0.1) is 11.8 Å². The molecule has 1 heterocycles. The van der Waals surface area contributed by atoms with E-state index >= 15 is 0 Å². The molecular formula is C18H31NO. The zero-order valence-electron chi connectivity index (χ0n) is 13.5. The number of likely N-dealkylation sites (tertiary alicyclic amines) is 1. The number of unbranched alkanes of at least 4 members (excludes halogenated alkanes) is 3. The van der Waals surface area contributed by atoms with E-state index in [4.69, 9.17) is 0 Å². The summed E-state index contributed by atoms with van der Waals surface area (Å²) in [5.74, 6) is 1.67. The van der Waals surface area contributed by atoms with Crippen molar-refractivity contribution in [2.75, 3.05) is 7.05 Å². The number of nitrogens with zero attached hydrogens (tertiary/aromatic N) is 1. The summed E-state index contributed by atoms with van der Waals surface area (Å²) in [4.78, 5) is 14.0. The normalized spacial score (nSPS) is 30.8. The van der Waals surface area contributed by atoms with Crippen molar-refractivity contribution in [2.45, 2.75) is 77.7 Å². The number of fused-ring (bicyclic) bond motifs is 1. The molecule has 20 heavy (non-hydrogen) atoms. The van der Waals surface area contributed by atoms with Crippen LogP contribution >= 0.6 is 0 Å². The van der Waals surface area contributed by atoms with Gasteiger partial charge in [0, 0.05) is 19.5 Å². The monoisotopic (exact) mass is 277 g/mol. The van der Waals surface area contributed by atoms with E-state index in [1.54, 1.807) is 5.57 Å². The van der Waals surface area contributed by atoms with Crippen molar-refractivity contribution in [3.05, 3.63) is 11.6 Å². The maximum Gasteiger partial charge on any atom is 0.222 e. The molecule has 0 saturated carbocycles. The summed E-state index contributed by atoms with van der Waals surface area (Å²) in [6.45, 7) is 4.51. The minimum atomic E-state index is 0.338. The summed E-state index contributed by atoms with van der Waals surface area (Å²) in [5.41, 5.74) is 1.67. The largest absolute Gasteiger partial charge is 0.343 e. The van der Waals surface area contributed by atoms with Crippen LogP contribution in [0.4, 0.5) is 0 Å².